The van der Waals surface area contributed by atoms with E-state index in [2.05, 4.69) is 22.9 Å². The molecule has 1 aromatic rings. The fourth-order valence-corrected chi connectivity index (χ4v) is 3.94. The first kappa shape index (κ1) is 16.2. The van der Waals surface area contributed by atoms with E-state index in [1.807, 2.05) is 17.2 Å². The minimum atomic E-state index is 0.214. The summed E-state index contributed by atoms with van der Waals surface area (Å²) in [6.45, 7) is 6.35. The van der Waals surface area contributed by atoms with Gasteiger partial charge in [0, 0.05) is 51.3 Å². The Bertz CT molecular complexity index is 563. The minimum absolute atomic E-state index is 0.214. The van der Waals surface area contributed by atoms with Crippen LogP contribution in [0, 0.1) is 12.3 Å². The molecule has 1 spiro atoms. The van der Waals surface area contributed by atoms with E-state index in [9.17, 15) is 4.79 Å². The molecule has 1 aromatic heterocycles. The number of aromatic nitrogens is 1. The van der Waals surface area contributed by atoms with Crippen LogP contribution < -0.4 is 4.90 Å². The van der Waals surface area contributed by atoms with Crippen molar-refractivity contribution in [3.63, 3.8) is 0 Å². The van der Waals surface area contributed by atoms with Gasteiger partial charge < -0.3 is 14.5 Å². The van der Waals surface area contributed by atoms with Crippen LogP contribution in [-0.2, 0) is 9.53 Å². The molecule has 0 radical (unpaired) electrons. The van der Waals surface area contributed by atoms with Crippen LogP contribution in [0.25, 0.3) is 0 Å². The van der Waals surface area contributed by atoms with Gasteiger partial charge in [0.15, 0.2) is 0 Å². The molecule has 0 aliphatic carbocycles. The molecule has 5 nitrogen and oxygen atoms in total. The van der Waals surface area contributed by atoms with Gasteiger partial charge in [-0.25, -0.2) is 4.98 Å². The molecule has 0 aromatic carbocycles. The molecular weight excluding hydrogens is 290 g/mol. The molecule has 5 heteroatoms. The lowest BCUT2D eigenvalue weighted by molar-refractivity contribution is -0.138. The molecule has 126 valence electrons. The third-order valence-electron chi connectivity index (χ3n) is 5.20. The largest absolute Gasteiger partial charge is 0.383 e. The Morgan fingerprint density at radius 1 is 1.35 bits per heavy atom. The van der Waals surface area contributed by atoms with Gasteiger partial charge in [-0.3, -0.25) is 4.79 Å². The van der Waals surface area contributed by atoms with Crippen molar-refractivity contribution in [2.45, 2.75) is 32.6 Å². The SMILES string of the molecule is COCCN1C[C@@]2(CCCN(c3cc(C)ccn3)C2)CCC1=O. The van der Waals surface area contributed by atoms with Crippen molar-refractivity contribution in [2.75, 3.05) is 44.8 Å². The average molecular weight is 317 g/mol. The fourth-order valence-electron chi connectivity index (χ4n) is 3.94. The van der Waals surface area contributed by atoms with E-state index in [1.165, 1.54) is 18.4 Å². The molecule has 3 rings (SSSR count). The van der Waals surface area contributed by atoms with E-state index < -0.39 is 0 Å². The molecule has 23 heavy (non-hydrogen) atoms. The van der Waals surface area contributed by atoms with E-state index in [0.29, 0.717) is 19.6 Å². The Labute approximate surface area is 138 Å². The zero-order chi connectivity index (χ0) is 16.3. The highest BCUT2D eigenvalue weighted by atomic mass is 16.5. The van der Waals surface area contributed by atoms with Crippen LogP contribution in [-0.4, -0.2) is 55.7 Å². The molecule has 2 aliphatic heterocycles. The number of hydrogen-bond acceptors (Lipinski definition) is 4. The summed E-state index contributed by atoms with van der Waals surface area (Å²) in [4.78, 5) is 21.1. The van der Waals surface area contributed by atoms with Gasteiger partial charge in [-0.05, 0) is 43.9 Å². The molecule has 0 bridgehead atoms. The highest BCUT2D eigenvalue weighted by molar-refractivity contribution is 5.77. The summed E-state index contributed by atoms with van der Waals surface area (Å²) in [6.07, 6.45) is 5.92. The van der Waals surface area contributed by atoms with Gasteiger partial charge in [-0.15, -0.1) is 0 Å². The molecule has 0 saturated carbocycles. The second kappa shape index (κ2) is 6.87. The summed E-state index contributed by atoms with van der Waals surface area (Å²) in [6, 6.07) is 4.20. The van der Waals surface area contributed by atoms with Crippen LogP contribution in [0.1, 0.15) is 31.2 Å². The highest BCUT2D eigenvalue weighted by Gasteiger charge is 2.41. The van der Waals surface area contributed by atoms with Crippen molar-refractivity contribution >= 4 is 11.7 Å². The summed E-state index contributed by atoms with van der Waals surface area (Å²) in [5.41, 5.74) is 1.46. The van der Waals surface area contributed by atoms with Gasteiger partial charge in [0.2, 0.25) is 5.91 Å². The molecule has 1 atom stereocenters. The predicted octanol–water partition coefficient (Wildman–Crippen LogP) is 2.25. The Morgan fingerprint density at radius 3 is 3.00 bits per heavy atom. The third-order valence-corrected chi connectivity index (χ3v) is 5.20. The first-order valence-corrected chi connectivity index (χ1v) is 8.56. The van der Waals surface area contributed by atoms with E-state index in [0.717, 1.165) is 31.9 Å². The van der Waals surface area contributed by atoms with Gasteiger partial charge in [0.1, 0.15) is 5.82 Å². The molecule has 2 saturated heterocycles. The summed E-state index contributed by atoms with van der Waals surface area (Å²) in [5, 5.41) is 0. The summed E-state index contributed by atoms with van der Waals surface area (Å²) >= 11 is 0. The molecule has 1 amide bonds. The number of aryl methyl sites for hydroxylation is 1. The van der Waals surface area contributed by atoms with Crippen LogP contribution in [0.15, 0.2) is 18.3 Å². The number of hydrogen-bond donors (Lipinski definition) is 0. The normalized spacial score (nSPS) is 25.2. The van der Waals surface area contributed by atoms with Crippen molar-refractivity contribution < 1.29 is 9.53 Å². The van der Waals surface area contributed by atoms with Crippen molar-refractivity contribution in [2.24, 2.45) is 5.41 Å². The topological polar surface area (TPSA) is 45.7 Å². The van der Waals surface area contributed by atoms with Crippen molar-refractivity contribution in [3.8, 4) is 0 Å². The highest BCUT2D eigenvalue weighted by Crippen LogP contribution is 2.39. The predicted molar refractivity (Wildman–Crippen MR) is 90.5 cm³/mol. The fraction of sp³-hybridized carbons (Fsp3) is 0.667. The number of nitrogens with zero attached hydrogens (tertiary/aromatic N) is 3. The number of rotatable bonds is 4. The number of anilines is 1. The number of carbonyl (C=O) groups is 1. The van der Waals surface area contributed by atoms with Crippen LogP contribution >= 0.6 is 0 Å². The van der Waals surface area contributed by atoms with Gasteiger partial charge in [0.05, 0.1) is 6.61 Å². The monoisotopic (exact) mass is 317 g/mol. The molecule has 2 aliphatic rings. The van der Waals surface area contributed by atoms with Crippen molar-refractivity contribution in [1.82, 2.24) is 9.88 Å². The molecule has 0 N–H and O–H groups in total. The molecule has 0 unspecified atom stereocenters. The second-order valence-corrected chi connectivity index (χ2v) is 7.02. The second-order valence-electron chi connectivity index (χ2n) is 7.02. The van der Waals surface area contributed by atoms with Gasteiger partial charge in [0.25, 0.3) is 0 Å². The first-order valence-electron chi connectivity index (χ1n) is 8.56. The Kier molecular flexibility index (Phi) is 4.85. The Balaban J connectivity index is 1.72. The molecule has 3 heterocycles. The minimum Gasteiger partial charge on any atom is -0.383 e. The standard InChI is InChI=1S/C18H27N3O2/c1-15-5-8-19-16(12-15)20-9-3-6-18(13-20)7-4-17(22)21(14-18)10-11-23-2/h5,8,12H,3-4,6-7,9-11,13-14H2,1-2H3/t18-/m0/s1. The van der Waals surface area contributed by atoms with Crippen LogP contribution in [0.3, 0.4) is 0 Å². The Morgan fingerprint density at radius 2 is 2.22 bits per heavy atom. The van der Waals surface area contributed by atoms with E-state index in [1.54, 1.807) is 7.11 Å². The van der Waals surface area contributed by atoms with Gasteiger partial charge in [-0.2, -0.15) is 0 Å². The van der Waals surface area contributed by atoms with Crippen LogP contribution in [0.5, 0.6) is 0 Å². The number of carbonyl (C=O) groups excluding carboxylic acids is 1. The maximum Gasteiger partial charge on any atom is 0.222 e. The van der Waals surface area contributed by atoms with Gasteiger partial charge >= 0.3 is 0 Å². The third kappa shape index (κ3) is 3.66. The zero-order valence-electron chi connectivity index (χ0n) is 14.3. The van der Waals surface area contributed by atoms with Crippen LogP contribution in [0.4, 0.5) is 5.82 Å². The van der Waals surface area contributed by atoms with Crippen molar-refractivity contribution in [1.29, 1.82) is 0 Å². The van der Waals surface area contributed by atoms with Crippen molar-refractivity contribution in [3.05, 3.63) is 23.9 Å². The van der Waals surface area contributed by atoms with Crippen LogP contribution in [0.2, 0.25) is 0 Å². The zero-order valence-corrected chi connectivity index (χ0v) is 14.3. The number of likely N-dealkylation sites (tertiary alicyclic amines) is 1. The lowest BCUT2D eigenvalue weighted by Crippen LogP contribution is -2.54. The summed E-state index contributed by atoms with van der Waals surface area (Å²) in [7, 11) is 1.69. The summed E-state index contributed by atoms with van der Waals surface area (Å²) < 4.78 is 5.16. The quantitative estimate of drug-likeness (QED) is 0.854. The number of amides is 1. The van der Waals surface area contributed by atoms with E-state index in [4.69, 9.17) is 4.74 Å². The number of ether oxygens (including phenoxy) is 1. The van der Waals surface area contributed by atoms with E-state index >= 15 is 0 Å². The first-order chi connectivity index (χ1) is 11.1. The lowest BCUT2D eigenvalue weighted by Gasteiger charge is -2.48. The average Bonchev–Trinajstić information content (AvgIpc) is 2.56. The summed E-state index contributed by atoms with van der Waals surface area (Å²) in [5.74, 6) is 1.35. The number of piperidine rings is 2. The maximum atomic E-state index is 12.2. The molecule has 2 fully saturated rings. The maximum absolute atomic E-state index is 12.2. The van der Waals surface area contributed by atoms with Gasteiger partial charge in [-0.1, -0.05) is 0 Å². The lowest BCUT2D eigenvalue weighted by atomic mass is 9.73. The number of pyridine rings is 1. The number of methoxy groups -OCH3 is 1. The molecular formula is C18H27N3O2. The Hall–Kier alpha value is -1.62. The van der Waals surface area contributed by atoms with E-state index in [-0.39, 0.29) is 11.3 Å². The smallest absolute Gasteiger partial charge is 0.222 e.